The Morgan fingerprint density at radius 1 is 1.12 bits per heavy atom. The quantitative estimate of drug-likeness (QED) is 0.783. The Hall–Kier alpha value is -2.84. The highest BCUT2D eigenvalue weighted by atomic mass is 19.4. The molecular weight excluding hydrogens is 331 g/mol. The number of anilines is 1. The van der Waals surface area contributed by atoms with Crippen LogP contribution < -0.4 is 4.90 Å². The normalized spacial score (nSPS) is 11.4. The summed E-state index contributed by atoms with van der Waals surface area (Å²) in [6, 6.07) is 2.48. The van der Waals surface area contributed by atoms with E-state index in [2.05, 4.69) is 4.74 Å². The third-order valence-corrected chi connectivity index (χ3v) is 3.21. The molecule has 0 N–H and O–H groups in total. The first-order chi connectivity index (χ1) is 11.1. The van der Waals surface area contributed by atoms with E-state index in [0.717, 1.165) is 33.1 Å². The number of ether oxygens (including phenoxy) is 1. The third-order valence-electron chi connectivity index (χ3n) is 3.21. The first-order valence-corrected chi connectivity index (χ1v) is 6.61. The number of hydrogen-bond donors (Lipinski definition) is 0. The number of fused-ring (bicyclic) bond motifs is 1. The van der Waals surface area contributed by atoms with E-state index in [9.17, 15) is 27.6 Å². The zero-order valence-electron chi connectivity index (χ0n) is 12.9. The van der Waals surface area contributed by atoms with Crippen LogP contribution >= 0.6 is 0 Å². The van der Waals surface area contributed by atoms with Crippen molar-refractivity contribution >= 4 is 34.4 Å². The molecule has 1 aromatic heterocycles. The Morgan fingerprint density at radius 3 is 2.17 bits per heavy atom. The molecule has 6 nitrogen and oxygen atoms in total. The molecule has 0 aliphatic heterocycles. The second-order valence-corrected chi connectivity index (χ2v) is 4.85. The van der Waals surface area contributed by atoms with Gasteiger partial charge in [-0.2, -0.15) is 13.2 Å². The minimum Gasteiger partial charge on any atom is -0.463 e. The lowest BCUT2D eigenvalue weighted by Gasteiger charge is -2.17. The van der Waals surface area contributed by atoms with Gasteiger partial charge in [-0.05, 0) is 18.2 Å². The SMILES string of the molecule is COC(=O)c1oc2ccc(C(F)(F)F)cc2c1N(C(C)=O)C(C)=O. The number of benzene rings is 1. The second-order valence-electron chi connectivity index (χ2n) is 4.85. The second kappa shape index (κ2) is 5.99. The van der Waals surface area contributed by atoms with Gasteiger partial charge >= 0.3 is 12.1 Å². The van der Waals surface area contributed by atoms with E-state index in [1.54, 1.807) is 0 Å². The first-order valence-electron chi connectivity index (χ1n) is 6.61. The maximum absolute atomic E-state index is 12.9. The van der Waals surface area contributed by atoms with E-state index in [1.165, 1.54) is 0 Å². The number of amides is 2. The summed E-state index contributed by atoms with van der Waals surface area (Å²) < 4.78 is 48.5. The molecule has 0 saturated heterocycles. The van der Waals surface area contributed by atoms with Crippen LogP contribution in [0.3, 0.4) is 0 Å². The van der Waals surface area contributed by atoms with Crippen LogP contribution in [0.2, 0.25) is 0 Å². The topological polar surface area (TPSA) is 76.8 Å². The fourth-order valence-corrected chi connectivity index (χ4v) is 2.25. The summed E-state index contributed by atoms with van der Waals surface area (Å²) in [5.74, 6) is -3.12. The number of hydrogen-bond acceptors (Lipinski definition) is 5. The summed E-state index contributed by atoms with van der Waals surface area (Å²) in [4.78, 5) is 35.9. The molecule has 0 atom stereocenters. The summed E-state index contributed by atoms with van der Waals surface area (Å²) in [6.45, 7) is 2.07. The molecule has 24 heavy (non-hydrogen) atoms. The highest BCUT2D eigenvalue weighted by Gasteiger charge is 2.34. The van der Waals surface area contributed by atoms with E-state index in [4.69, 9.17) is 4.42 Å². The first kappa shape index (κ1) is 17.5. The monoisotopic (exact) mass is 343 g/mol. The number of esters is 1. The molecule has 0 saturated carbocycles. The summed E-state index contributed by atoms with van der Waals surface area (Å²) in [5, 5.41) is -0.198. The van der Waals surface area contributed by atoms with Crippen LogP contribution in [0.5, 0.6) is 0 Å². The zero-order valence-corrected chi connectivity index (χ0v) is 12.9. The zero-order chi connectivity index (χ0) is 18.2. The summed E-state index contributed by atoms with van der Waals surface area (Å²) >= 11 is 0. The van der Waals surface area contributed by atoms with E-state index < -0.39 is 35.3 Å². The minimum atomic E-state index is -4.65. The van der Waals surface area contributed by atoms with Crippen molar-refractivity contribution in [2.45, 2.75) is 20.0 Å². The molecule has 0 unspecified atom stereocenters. The van der Waals surface area contributed by atoms with Gasteiger partial charge < -0.3 is 9.15 Å². The van der Waals surface area contributed by atoms with Gasteiger partial charge in [0.05, 0.1) is 12.7 Å². The maximum atomic E-state index is 12.9. The van der Waals surface area contributed by atoms with Crippen molar-refractivity contribution in [3.63, 3.8) is 0 Å². The van der Waals surface area contributed by atoms with E-state index in [1.807, 2.05) is 0 Å². The van der Waals surface area contributed by atoms with Crippen LogP contribution in [0, 0.1) is 0 Å². The maximum Gasteiger partial charge on any atom is 0.416 e. The van der Waals surface area contributed by atoms with Gasteiger partial charge in [0.1, 0.15) is 11.3 Å². The molecule has 1 aromatic carbocycles. The Balaban J connectivity index is 2.87. The number of nitrogens with zero attached hydrogens (tertiary/aromatic N) is 1. The lowest BCUT2D eigenvalue weighted by atomic mass is 10.1. The standard InChI is InChI=1S/C15H12F3NO5/c1-7(20)19(8(2)21)12-10-6-9(15(16,17)18)4-5-11(10)24-13(12)14(22)23-3/h4-6H,1-3H3. The van der Waals surface area contributed by atoms with Crippen LogP contribution in [-0.2, 0) is 20.5 Å². The number of carbonyl (C=O) groups is 3. The number of rotatable bonds is 2. The molecule has 0 radical (unpaired) electrons. The van der Waals surface area contributed by atoms with Crippen molar-refractivity contribution < 1.29 is 36.7 Å². The fourth-order valence-electron chi connectivity index (χ4n) is 2.25. The van der Waals surface area contributed by atoms with Crippen molar-refractivity contribution in [3.8, 4) is 0 Å². The molecule has 1 heterocycles. The minimum absolute atomic E-state index is 0.0918. The third kappa shape index (κ3) is 2.97. The highest BCUT2D eigenvalue weighted by Crippen LogP contribution is 2.39. The molecule has 0 spiro atoms. The highest BCUT2D eigenvalue weighted by molar-refractivity contribution is 6.21. The summed E-state index contributed by atoms with van der Waals surface area (Å²) in [7, 11) is 1.03. The molecule has 2 rings (SSSR count). The van der Waals surface area contributed by atoms with E-state index in [0.29, 0.717) is 11.0 Å². The average molecular weight is 343 g/mol. The van der Waals surface area contributed by atoms with Gasteiger partial charge in [0.2, 0.25) is 17.6 Å². The molecule has 2 amide bonds. The van der Waals surface area contributed by atoms with Crippen molar-refractivity contribution in [1.29, 1.82) is 0 Å². The number of furan rings is 1. The number of methoxy groups -OCH3 is 1. The van der Waals surface area contributed by atoms with Crippen LogP contribution in [0.15, 0.2) is 22.6 Å². The predicted molar refractivity (Wildman–Crippen MR) is 76.4 cm³/mol. The molecule has 0 fully saturated rings. The van der Waals surface area contributed by atoms with Gasteiger partial charge in [-0.25, -0.2) is 9.69 Å². The number of carbonyl (C=O) groups excluding carboxylic acids is 3. The van der Waals surface area contributed by atoms with E-state index >= 15 is 0 Å². The number of halogens is 3. The summed E-state index contributed by atoms with van der Waals surface area (Å²) in [5.41, 5.74) is -1.48. The van der Waals surface area contributed by atoms with Crippen LogP contribution in [0.1, 0.15) is 30.0 Å². The molecule has 0 aliphatic rings. The van der Waals surface area contributed by atoms with Gasteiger partial charge in [0.15, 0.2) is 0 Å². The number of imide groups is 1. The number of alkyl halides is 3. The lowest BCUT2D eigenvalue weighted by Crippen LogP contribution is -2.34. The molecular formula is C15H12F3NO5. The van der Waals surface area contributed by atoms with Crippen molar-refractivity contribution in [1.82, 2.24) is 0 Å². The Labute approximate surface area is 133 Å². The van der Waals surface area contributed by atoms with E-state index in [-0.39, 0.29) is 16.7 Å². The van der Waals surface area contributed by atoms with Gasteiger partial charge in [0.25, 0.3) is 0 Å². The predicted octanol–water partition coefficient (Wildman–Crippen LogP) is 3.14. The molecule has 128 valence electrons. The smallest absolute Gasteiger partial charge is 0.416 e. The van der Waals surface area contributed by atoms with Gasteiger partial charge in [-0.1, -0.05) is 0 Å². The van der Waals surface area contributed by atoms with Crippen molar-refractivity contribution in [2.75, 3.05) is 12.0 Å². The molecule has 2 aromatic rings. The Morgan fingerprint density at radius 2 is 1.71 bits per heavy atom. The largest absolute Gasteiger partial charge is 0.463 e. The van der Waals surface area contributed by atoms with Crippen molar-refractivity contribution in [2.24, 2.45) is 0 Å². The Kier molecular flexibility index (Phi) is 4.37. The Bertz CT molecular complexity index is 823. The summed E-state index contributed by atoms with van der Waals surface area (Å²) in [6.07, 6.45) is -4.65. The fraction of sp³-hybridized carbons (Fsp3) is 0.267. The van der Waals surface area contributed by atoms with Gasteiger partial charge in [-0.15, -0.1) is 0 Å². The van der Waals surface area contributed by atoms with Gasteiger partial charge in [0, 0.05) is 19.2 Å². The van der Waals surface area contributed by atoms with Crippen molar-refractivity contribution in [3.05, 3.63) is 29.5 Å². The molecule has 0 aliphatic carbocycles. The van der Waals surface area contributed by atoms with Crippen LogP contribution in [0.4, 0.5) is 18.9 Å². The van der Waals surface area contributed by atoms with Crippen LogP contribution in [-0.4, -0.2) is 24.9 Å². The molecule has 9 heteroatoms. The van der Waals surface area contributed by atoms with Gasteiger partial charge in [-0.3, -0.25) is 9.59 Å². The van der Waals surface area contributed by atoms with Crippen LogP contribution in [0.25, 0.3) is 11.0 Å². The molecule has 0 bridgehead atoms. The average Bonchev–Trinajstić information content (AvgIpc) is 2.83. The lowest BCUT2D eigenvalue weighted by molar-refractivity contribution is -0.137.